The fourth-order valence-electron chi connectivity index (χ4n) is 2.70. The first kappa shape index (κ1) is 22.2. The SMILES string of the molecule is C[C@H](OC(=O)c1cccc(S(=O)(=O)NCc2ccccc2)c1)C(=O)Nc1ccccc1. The van der Waals surface area contributed by atoms with Gasteiger partial charge in [0.15, 0.2) is 6.10 Å². The molecule has 3 aromatic rings. The standard InChI is InChI=1S/C23H22N2O5S/c1-17(22(26)25-20-12-6-3-7-13-20)30-23(27)19-11-8-14-21(15-19)31(28,29)24-16-18-9-4-2-5-10-18/h2-15,17,24H,16H2,1H3,(H,25,26)/t17-/m0/s1. The number of amides is 1. The van der Waals surface area contributed by atoms with E-state index in [1.165, 1.54) is 31.2 Å². The van der Waals surface area contributed by atoms with Crippen LogP contribution >= 0.6 is 0 Å². The lowest BCUT2D eigenvalue weighted by Gasteiger charge is -2.14. The molecule has 2 N–H and O–H groups in total. The van der Waals surface area contributed by atoms with E-state index in [9.17, 15) is 18.0 Å². The molecule has 0 bridgehead atoms. The molecule has 7 nitrogen and oxygen atoms in total. The number of hydrogen-bond acceptors (Lipinski definition) is 5. The van der Waals surface area contributed by atoms with Crippen LogP contribution in [0.1, 0.15) is 22.8 Å². The van der Waals surface area contributed by atoms with Crippen molar-refractivity contribution in [2.75, 3.05) is 5.32 Å². The first-order valence-corrected chi connectivity index (χ1v) is 11.0. The lowest BCUT2D eigenvalue weighted by molar-refractivity contribution is -0.123. The molecule has 1 atom stereocenters. The lowest BCUT2D eigenvalue weighted by Crippen LogP contribution is -2.30. The smallest absolute Gasteiger partial charge is 0.338 e. The average molecular weight is 439 g/mol. The van der Waals surface area contributed by atoms with Crippen LogP contribution < -0.4 is 10.0 Å². The summed E-state index contributed by atoms with van der Waals surface area (Å²) in [4.78, 5) is 24.6. The first-order chi connectivity index (χ1) is 14.8. The molecule has 31 heavy (non-hydrogen) atoms. The number of hydrogen-bond donors (Lipinski definition) is 2. The van der Waals surface area contributed by atoms with Crippen molar-refractivity contribution in [2.24, 2.45) is 0 Å². The predicted molar refractivity (Wildman–Crippen MR) is 117 cm³/mol. The number of rotatable bonds is 8. The summed E-state index contributed by atoms with van der Waals surface area (Å²) in [6.45, 7) is 1.56. The minimum atomic E-state index is -3.84. The monoisotopic (exact) mass is 438 g/mol. The topological polar surface area (TPSA) is 102 Å². The highest BCUT2D eigenvalue weighted by Crippen LogP contribution is 2.15. The summed E-state index contributed by atoms with van der Waals surface area (Å²) < 4.78 is 32.9. The third-order valence-corrected chi connectivity index (χ3v) is 5.78. The molecule has 3 rings (SSSR count). The highest BCUT2D eigenvalue weighted by Gasteiger charge is 2.21. The summed E-state index contributed by atoms with van der Waals surface area (Å²) >= 11 is 0. The van der Waals surface area contributed by atoms with E-state index < -0.39 is 28.0 Å². The Bertz CT molecular complexity index is 1150. The molecule has 0 spiro atoms. The van der Waals surface area contributed by atoms with Crippen LogP contribution in [0, 0.1) is 0 Å². The zero-order valence-electron chi connectivity index (χ0n) is 16.8. The summed E-state index contributed by atoms with van der Waals surface area (Å²) in [6, 6.07) is 23.3. The summed E-state index contributed by atoms with van der Waals surface area (Å²) in [5.41, 5.74) is 1.41. The van der Waals surface area contributed by atoms with E-state index in [4.69, 9.17) is 4.74 Å². The Morgan fingerprint density at radius 2 is 1.55 bits per heavy atom. The lowest BCUT2D eigenvalue weighted by atomic mass is 10.2. The fraction of sp³-hybridized carbons (Fsp3) is 0.130. The molecule has 1 amide bonds. The second-order valence-electron chi connectivity index (χ2n) is 6.74. The zero-order chi connectivity index (χ0) is 22.3. The number of nitrogens with one attached hydrogen (secondary N) is 2. The van der Waals surface area contributed by atoms with Gasteiger partial charge in [-0.2, -0.15) is 0 Å². The molecule has 0 aliphatic heterocycles. The van der Waals surface area contributed by atoms with Crippen molar-refractivity contribution >= 4 is 27.6 Å². The number of carbonyl (C=O) groups excluding carboxylic acids is 2. The molecule has 3 aromatic carbocycles. The summed E-state index contributed by atoms with van der Waals surface area (Å²) in [5, 5.41) is 2.64. The molecule has 0 radical (unpaired) electrons. The van der Waals surface area contributed by atoms with Gasteiger partial charge in [-0.3, -0.25) is 4.79 Å². The second-order valence-corrected chi connectivity index (χ2v) is 8.51. The third kappa shape index (κ3) is 6.24. The van der Waals surface area contributed by atoms with E-state index in [2.05, 4.69) is 10.0 Å². The summed E-state index contributed by atoms with van der Waals surface area (Å²) in [5.74, 6) is -1.29. The summed E-state index contributed by atoms with van der Waals surface area (Å²) in [6.07, 6.45) is -1.07. The maximum Gasteiger partial charge on any atom is 0.338 e. The average Bonchev–Trinajstić information content (AvgIpc) is 2.79. The number of esters is 1. The summed E-state index contributed by atoms with van der Waals surface area (Å²) in [7, 11) is -3.84. The number of ether oxygens (including phenoxy) is 1. The van der Waals surface area contributed by atoms with E-state index >= 15 is 0 Å². The van der Waals surface area contributed by atoms with Crippen molar-refractivity contribution in [1.29, 1.82) is 0 Å². The molecule has 0 saturated carbocycles. The Labute approximate surface area is 181 Å². The van der Waals surface area contributed by atoms with E-state index in [1.54, 1.807) is 36.4 Å². The Hall–Kier alpha value is -3.49. The Morgan fingerprint density at radius 1 is 0.903 bits per heavy atom. The molecule has 8 heteroatoms. The number of benzene rings is 3. The zero-order valence-corrected chi connectivity index (χ0v) is 17.6. The fourth-order valence-corrected chi connectivity index (χ4v) is 3.76. The number of anilines is 1. The molecule has 0 aromatic heterocycles. The van der Waals surface area contributed by atoms with Crippen molar-refractivity contribution in [3.8, 4) is 0 Å². The predicted octanol–water partition coefficient (Wildman–Crippen LogP) is 3.35. The van der Waals surface area contributed by atoms with Crippen molar-refractivity contribution < 1.29 is 22.7 Å². The van der Waals surface area contributed by atoms with Crippen LogP contribution in [0.15, 0.2) is 89.8 Å². The van der Waals surface area contributed by atoms with Crippen molar-refractivity contribution in [1.82, 2.24) is 4.72 Å². The molecule has 0 fully saturated rings. The maximum absolute atomic E-state index is 12.6. The second kappa shape index (κ2) is 10.0. The van der Waals surface area contributed by atoms with Crippen LogP contribution in [-0.4, -0.2) is 26.4 Å². The van der Waals surface area contributed by atoms with Crippen LogP contribution in [0.5, 0.6) is 0 Å². The van der Waals surface area contributed by atoms with Crippen LogP contribution in [0.4, 0.5) is 5.69 Å². The van der Waals surface area contributed by atoms with Crippen molar-refractivity contribution in [3.05, 3.63) is 96.1 Å². The first-order valence-electron chi connectivity index (χ1n) is 9.56. The van der Waals surface area contributed by atoms with Crippen LogP contribution in [0.3, 0.4) is 0 Å². The number of para-hydroxylation sites is 1. The van der Waals surface area contributed by atoms with E-state index in [0.29, 0.717) is 5.69 Å². The van der Waals surface area contributed by atoms with E-state index in [1.807, 2.05) is 24.3 Å². The van der Waals surface area contributed by atoms with Crippen LogP contribution in [-0.2, 0) is 26.1 Å². The van der Waals surface area contributed by atoms with Gasteiger partial charge in [0.1, 0.15) is 0 Å². The highest BCUT2D eigenvalue weighted by atomic mass is 32.2. The minimum Gasteiger partial charge on any atom is -0.449 e. The Balaban J connectivity index is 1.64. The normalized spacial score (nSPS) is 12.0. The highest BCUT2D eigenvalue weighted by molar-refractivity contribution is 7.89. The molecule has 160 valence electrons. The number of sulfonamides is 1. The molecular formula is C23H22N2O5S. The maximum atomic E-state index is 12.6. The van der Waals surface area contributed by atoms with Crippen molar-refractivity contribution in [3.63, 3.8) is 0 Å². The van der Waals surface area contributed by atoms with Gasteiger partial charge in [0.05, 0.1) is 10.5 Å². The molecule has 0 aliphatic rings. The van der Waals surface area contributed by atoms with E-state index in [0.717, 1.165) is 5.56 Å². The third-order valence-electron chi connectivity index (χ3n) is 4.38. The Kier molecular flexibility index (Phi) is 7.17. The molecular weight excluding hydrogens is 416 g/mol. The van der Waals surface area contributed by atoms with Gasteiger partial charge in [-0.15, -0.1) is 0 Å². The van der Waals surface area contributed by atoms with E-state index in [-0.39, 0.29) is 17.0 Å². The van der Waals surface area contributed by atoms with Gasteiger partial charge >= 0.3 is 5.97 Å². The Morgan fingerprint density at radius 3 is 2.23 bits per heavy atom. The quantitative estimate of drug-likeness (QED) is 0.525. The molecule has 0 heterocycles. The van der Waals surface area contributed by atoms with Crippen molar-refractivity contribution in [2.45, 2.75) is 24.5 Å². The number of carbonyl (C=O) groups is 2. The van der Waals surface area contributed by atoms with Gasteiger partial charge in [-0.1, -0.05) is 54.6 Å². The van der Waals surface area contributed by atoms with Gasteiger partial charge in [0.25, 0.3) is 5.91 Å². The largest absolute Gasteiger partial charge is 0.449 e. The van der Waals surface area contributed by atoms with Gasteiger partial charge in [0.2, 0.25) is 10.0 Å². The molecule has 0 aliphatic carbocycles. The molecule has 0 unspecified atom stereocenters. The van der Waals surface area contributed by atoms with Gasteiger partial charge in [0, 0.05) is 12.2 Å². The van der Waals surface area contributed by atoms with Crippen LogP contribution in [0.2, 0.25) is 0 Å². The minimum absolute atomic E-state index is 0.0296. The van der Waals surface area contributed by atoms with Gasteiger partial charge in [-0.25, -0.2) is 17.9 Å². The van der Waals surface area contributed by atoms with Gasteiger partial charge in [-0.05, 0) is 42.8 Å². The molecule has 0 saturated heterocycles. The van der Waals surface area contributed by atoms with Gasteiger partial charge < -0.3 is 10.1 Å². The van der Waals surface area contributed by atoms with Crippen LogP contribution in [0.25, 0.3) is 0 Å².